The molecule has 28 heavy (non-hydrogen) atoms. The summed E-state index contributed by atoms with van der Waals surface area (Å²) in [4.78, 5) is 11.3. The molecule has 3 N–H and O–H groups in total. The van der Waals surface area contributed by atoms with E-state index in [0.29, 0.717) is 34.5 Å². The highest BCUT2D eigenvalue weighted by Gasteiger charge is 2.31. The van der Waals surface area contributed by atoms with Crippen LogP contribution in [0.5, 0.6) is 5.75 Å². The lowest BCUT2D eigenvalue weighted by Crippen LogP contribution is -2.17. The zero-order valence-corrected chi connectivity index (χ0v) is 15.1. The third kappa shape index (κ3) is 3.83. The van der Waals surface area contributed by atoms with E-state index in [1.807, 2.05) is 11.5 Å². The summed E-state index contributed by atoms with van der Waals surface area (Å²) in [5.41, 5.74) is 9.24. The number of hydrogen-bond donors (Lipinski definition) is 2. The molecule has 0 saturated carbocycles. The summed E-state index contributed by atoms with van der Waals surface area (Å²) < 4.78 is 48.0. The Bertz CT molecular complexity index is 1010. The molecule has 6 nitrogen and oxygen atoms in total. The van der Waals surface area contributed by atoms with Crippen molar-refractivity contribution < 1.29 is 27.4 Å². The number of nitrogen functional groups attached to an aromatic ring is 1. The zero-order chi connectivity index (χ0) is 20.5. The summed E-state index contributed by atoms with van der Waals surface area (Å²) in [5.74, 6) is -0.309. The van der Waals surface area contributed by atoms with Crippen LogP contribution >= 0.6 is 0 Å². The van der Waals surface area contributed by atoms with E-state index in [0.717, 1.165) is 5.56 Å². The molecule has 0 radical (unpaired) electrons. The van der Waals surface area contributed by atoms with Gasteiger partial charge in [-0.05, 0) is 31.2 Å². The number of halogens is 3. The number of rotatable bonds is 4. The van der Waals surface area contributed by atoms with Crippen molar-refractivity contribution in [1.29, 1.82) is 0 Å². The normalized spacial score (nSPS) is 11.5. The first kappa shape index (κ1) is 19.4. The molecule has 148 valence electrons. The molecule has 1 aromatic heterocycles. The molecule has 9 heteroatoms. The first-order chi connectivity index (χ1) is 13.2. The van der Waals surface area contributed by atoms with Crippen LogP contribution in [0.3, 0.4) is 0 Å². The maximum atomic E-state index is 12.5. The van der Waals surface area contributed by atoms with E-state index in [9.17, 15) is 18.0 Å². The SMILES string of the molecule is CCn1c(-c2ccc(NC(=O)OC)cc2)c(N)c2ccc(OC(F)(F)F)cc21. The fourth-order valence-corrected chi connectivity index (χ4v) is 3.07. The molecule has 0 atom stereocenters. The van der Waals surface area contributed by atoms with Crippen LogP contribution in [0.25, 0.3) is 22.2 Å². The van der Waals surface area contributed by atoms with Gasteiger partial charge in [0.05, 0.1) is 24.0 Å². The van der Waals surface area contributed by atoms with Gasteiger partial charge < -0.3 is 19.8 Å². The van der Waals surface area contributed by atoms with Gasteiger partial charge in [-0.1, -0.05) is 12.1 Å². The molecule has 0 bridgehead atoms. The van der Waals surface area contributed by atoms with Gasteiger partial charge in [-0.2, -0.15) is 0 Å². The molecule has 1 heterocycles. The maximum Gasteiger partial charge on any atom is 0.573 e. The molecular formula is C19H18F3N3O3. The second-order valence-electron chi connectivity index (χ2n) is 5.93. The minimum Gasteiger partial charge on any atom is -0.453 e. The summed E-state index contributed by atoms with van der Waals surface area (Å²) in [6, 6.07) is 10.9. The molecule has 0 aliphatic rings. The van der Waals surface area contributed by atoms with Gasteiger partial charge in [-0.3, -0.25) is 5.32 Å². The Morgan fingerprint density at radius 3 is 2.43 bits per heavy atom. The van der Waals surface area contributed by atoms with E-state index in [2.05, 4.69) is 14.8 Å². The van der Waals surface area contributed by atoms with Gasteiger partial charge >= 0.3 is 12.5 Å². The summed E-state index contributed by atoms with van der Waals surface area (Å²) in [6.45, 7) is 2.35. The second-order valence-corrected chi connectivity index (χ2v) is 5.93. The number of carbonyl (C=O) groups is 1. The topological polar surface area (TPSA) is 78.5 Å². The summed E-state index contributed by atoms with van der Waals surface area (Å²) in [6.07, 6.45) is -5.36. The van der Waals surface area contributed by atoms with Gasteiger partial charge in [-0.25, -0.2) is 4.79 Å². The average molecular weight is 393 g/mol. The predicted octanol–water partition coefficient (Wildman–Crippen LogP) is 4.99. The van der Waals surface area contributed by atoms with Crippen LogP contribution in [0.4, 0.5) is 29.3 Å². The Hall–Kier alpha value is -3.36. The number of benzene rings is 2. The molecule has 0 saturated heterocycles. The predicted molar refractivity (Wildman–Crippen MR) is 100 cm³/mol. The standard InChI is InChI=1S/C19H18F3N3O3/c1-3-25-15-10-13(28-19(20,21)22)8-9-14(15)16(23)17(25)11-4-6-12(7-5-11)24-18(26)27-2/h4-10H,3,23H2,1-2H3,(H,24,26). The number of ether oxygens (including phenoxy) is 2. The monoisotopic (exact) mass is 393 g/mol. The molecular weight excluding hydrogens is 375 g/mol. The van der Waals surface area contributed by atoms with Gasteiger partial charge in [0, 0.05) is 29.2 Å². The number of alkyl halides is 3. The van der Waals surface area contributed by atoms with Gasteiger partial charge in [0.1, 0.15) is 5.75 Å². The van der Waals surface area contributed by atoms with Crippen LogP contribution in [0, 0.1) is 0 Å². The lowest BCUT2D eigenvalue weighted by Gasteiger charge is -2.11. The first-order valence-electron chi connectivity index (χ1n) is 8.36. The van der Waals surface area contributed by atoms with Crippen LogP contribution in [-0.2, 0) is 11.3 Å². The lowest BCUT2D eigenvalue weighted by atomic mass is 10.1. The van der Waals surface area contributed by atoms with Gasteiger partial charge in [-0.15, -0.1) is 13.2 Å². The number of aryl methyl sites for hydroxylation is 1. The highest BCUT2D eigenvalue weighted by molar-refractivity contribution is 6.01. The van der Waals surface area contributed by atoms with E-state index in [1.54, 1.807) is 24.3 Å². The number of anilines is 2. The number of carbonyl (C=O) groups excluding carboxylic acids is 1. The number of methoxy groups -OCH3 is 1. The largest absolute Gasteiger partial charge is 0.573 e. The minimum atomic E-state index is -4.77. The number of fused-ring (bicyclic) bond motifs is 1. The van der Waals surface area contributed by atoms with Crippen LogP contribution in [0.1, 0.15) is 6.92 Å². The molecule has 0 aliphatic carbocycles. The summed E-state index contributed by atoms with van der Waals surface area (Å²) >= 11 is 0. The van der Waals surface area contributed by atoms with Crippen LogP contribution in [-0.4, -0.2) is 24.1 Å². The van der Waals surface area contributed by atoms with E-state index >= 15 is 0 Å². The maximum absolute atomic E-state index is 12.5. The number of aromatic nitrogens is 1. The molecule has 3 aromatic rings. The van der Waals surface area contributed by atoms with Gasteiger partial charge in [0.25, 0.3) is 0 Å². The lowest BCUT2D eigenvalue weighted by molar-refractivity contribution is -0.274. The Morgan fingerprint density at radius 1 is 1.18 bits per heavy atom. The van der Waals surface area contributed by atoms with Crippen molar-refractivity contribution in [2.45, 2.75) is 19.8 Å². The summed E-state index contributed by atoms with van der Waals surface area (Å²) in [5, 5.41) is 3.17. The molecule has 2 aromatic carbocycles. The van der Waals surface area contributed by atoms with Crippen molar-refractivity contribution in [1.82, 2.24) is 4.57 Å². The number of hydrogen-bond acceptors (Lipinski definition) is 4. The van der Waals surface area contributed by atoms with Crippen molar-refractivity contribution in [3.8, 4) is 17.0 Å². The second kappa shape index (κ2) is 7.34. The van der Waals surface area contributed by atoms with E-state index < -0.39 is 12.5 Å². The van der Waals surface area contributed by atoms with Crippen LogP contribution < -0.4 is 15.8 Å². The summed E-state index contributed by atoms with van der Waals surface area (Å²) in [7, 11) is 1.26. The van der Waals surface area contributed by atoms with Crippen molar-refractivity contribution in [3.63, 3.8) is 0 Å². The third-order valence-electron chi connectivity index (χ3n) is 4.22. The Balaban J connectivity index is 2.05. The fourth-order valence-electron chi connectivity index (χ4n) is 3.07. The Kier molecular flexibility index (Phi) is 5.08. The van der Waals surface area contributed by atoms with E-state index in [4.69, 9.17) is 5.73 Å². The molecule has 1 amide bonds. The molecule has 0 unspecified atom stereocenters. The number of nitrogens with one attached hydrogen (secondary N) is 1. The van der Waals surface area contributed by atoms with Crippen molar-refractivity contribution >= 4 is 28.4 Å². The minimum absolute atomic E-state index is 0.309. The van der Waals surface area contributed by atoms with E-state index in [1.165, 1.54) is 25.3 Å². The fraction of sp³-hybridized carbons (Fsp3) is 0.211. The number of nitrogens with two attached hydrogens (primary N) is 1. The van der Waals surface area contributed by atoms with Crippen LogP contribution in [0.15, 0.2) is 42.5 Å². The third-order valence-corrected chi connectivity index (χ3v) is 4.22. The quantitative estimate of drug-likeness (QED) is 0.655. The van der Waals surface area contributed by atoms with Crippen molar-refractivity contribution in [3.05, 3.63) is 42.5 Å². The highest BCUT2D eigenvalue weighted by atomic mass is 19.4. The Morgan fingerprint density at radius 2 is 1.86 bits per heavy atom. The zero-order valence-electron chi connectivity index (χ0n) is 15.1. The first-order valence-corrected chi connectivity index (χ1v) is 8.36. The van der Waals surface area contributed by atoms with E-state index in [-0.39, 0.29) is 5.75 Å². The van der Waals surface area contributed by atoms with Crippen molar-refractivity contribution in [2.24, 2.45) is 0 Å². The van der Waals surface area contributed by atoms with Gasteiger partial charge in [0.2, 0.25) is 0 Å². The van der Waals surface area contributed by atoms with Crippen molar-refractivity contribution in [2.75, 3.05) is 18.2 Å². The Labute approximate surface area is 158 Å². The van der Waals surface area contributed by atoms with Crippen LogP contribution in [0.2, 0.25) is 0 Å². The number of amides is 1. The number of nitrogens with zero attached hydrogens (tertiary/aromatic N) is 1. The molecule has 0 aliphatic heterocycles. The average Bonchev–Trinajstić information content (AvgIpc) is 2.92. The molecule has 0 fully saturated rings. The molecule has 3 rings (SSSR count). The van der Waals surface area contributed by atoms with Gasteiger partial charge in [0.15, 0.2) is 0 Å². The molecule has 0 spiro atoms. The smallest absolute Gasteiger partial charge is 0.453 e. The highest BCUT2D eigenvalue weighted by Crippen LogP contribution is 2.38.